The van der Waals surface area contributed by atoms with Gasteiger partial charge >= 0.3 is 0 Å². The SMILES string of the molecule is Cc1ccc(NC(=O)c2ccc(Cl)c(N)c2)c(C)c1. The lowest BCUT2D eigenvalue weighted by molar-refractivity contribution is 0.102. The van der Waals surface area contributed by atoms with E-state index in [1.54, 1.807) is 18.2 Å². The summed E-state index contributed by atoms with van der Waals surface area (Å²) in [4.78, 5) is 12.1. The summed E-state index contributed by atoms with van der Waals surface area (Å²) in [5.74, 6) is -0.199. The van der Waals surface area contributed by atoms with E-state index < -0.39 is 0 Å². The van der Waals surface area contributed by atoms with Crippen molar-refractivity contribution in [3.05, 3.63) is 58.1 Å². The lowest BCUT2D eigenvalue weighted by Crippen LogP contribution is -2.13. The summed E-state index contributed by atoms with van der Waals surface area (Å²) >= 11 is 5.83. The van der Waals surface area contributed by atoms with Gasteiger partial charge < -0.3 is 11.1 Å². The molecule has 0 saturated carbocycles. The molecule has 0 heterocycles. The van der Waals surface area contributed by atoms with E-state index in [9.17, 15) is 4.79 Å². The fourth-order valence-corrected chi connectivity index (χ4v) is 1.95. The molecular formula is C15H15ClN2O. The average Bonchev–Trinajstić information content (AvgIpc) is 2.36. The van der Waals surface area contributed by atoms with Crippen LogP contribution in [-0.4, -0.2) is 5.91 Å². The highest BCUT2D eigenvalue weighted by molar-refractivity contribution is 6.33. The monoisotopic (exact) mass is 274 g/mol. The topological polar surface area (TPSA) is 55.1 Å². The molecule has 1 amide bonds. The number of rotatable bonds is 2. The molecule has 4 heteroatoms. The van der Waals surface area contributed by atoms with E-state index in [4.69, 9.17) is 17.3 Å². The van der Waals surface area contributed by atoms with Crippen LogP contribution in [0.4, 0.5) is 11.4 Å². The summed E-state index contributed by atoms with van der Waals surface area (Å²) in [6.07, 6.45) is 0. The van der Waals surface area contributed by atoms with E-state index in [2.05, 4.69) is 5.32 Å². The van der Waals surface area contributed by atoms with Gasteiger partial charge in [-0.25, -0.2) is 0 Å². The van der Waals surface area contributed by atoms with Crippen molar-refractivity contribution < 1.29 is 4.79 Å². The number of nitrogens with one attached hydrogen (secondary N) is 1. The Balaban J connectivity index is 2.23. The standard InChI is InChI=1S/C15H15ClN2O/c1-9-3-6-14(10(2)7-9)18-15(19)11-4-5-12(16)13(17)8-11/h3-8H,17H2,1-2H3,(H,18,19). The van der Waals surface area contributed by atoms with Gasteiger partial charge in [0.25, 0.3) is 5.91 Å². The maximum Gasteiger partial charge on any atom is 0.255 e. The number of hydrogen-bond donors (Lipinski definition) is 2. The summed E-state index contributed by atoms with van der Waals surface area (Å²) in [6, 6.07) is 10.7. The molecule has 19 heavy (non-hydrogen) atoms. The fourth-order valence-electron chi connectivity index (χ4n) is 1.83. The van der Waals surface area contributed by atoms with Gasteiger partial charge in [-0.1, -0.05) is 29.3 Å². The van der Waals surface area contributed by atoms with E-state index in [0.29, 0.717) is 16.3 Å². The van der Waals surface area contributed by atoms with Gasteiger partial charge in [0.05, 0.1) is 10.7 Å². The van der Waals surface area contributed by atoms with E-state index in [1.807, 2.05) is 32.0 Å². The number of carbonyl (C=O) groups is 1. The summed E-state index contributed by atoms with van der Waals surface area (Å²) in [7, 11) is 0. The van der Waals surface area contributed by atoms with Crippen molar-refractivity contribution in [2.24, 2.45) is 0 Å². The van der Waals surface area contributed by atoms with Crippen molar-refractivity contribution in [2.45, 2.75) is 13.8 Å². The molecule has 0 radical (unpaired) electrons. The van der Waals surface area contributed by atoms with Crippen molar-refractivity contribution in [2.75, 3.05) is 11.1 Å². The van der Waals surface area contributed by atoms with E-state index in [1.165, 1.54) is 0 Å². The number of carbonyl (C=O) groups excluding carboxylic acids is 1. The van der Waals surface area contributed by atoms with Crippen molar-refractivity contribution in [1.29, 1.82) is 0 Å². The van der Waals surface area contributed by atoms with Crippen LogP contribution in [0.1, 0.15) is 21.5 Å². The molecular weight excluding hydrogens is 260 g/mol. The Labute approximate surface area is 117 Å². The summed E-state index contributed by atoms with van der Waals surface area (Å²) in [5, 5.41) is 3.31. The first kappa shape index (κ1) is 13.4. The van der Waals surface area contributed by atoms with Gasteiger partial charge in [-0.15, -0.1) is 0 Å². The third kappa shape index (κ3) is 3.06. The zero-order chi connectivity index (χ0) is 14.0. The highest BCUT2D eigenvalue weighted by Gasteiger charge is 2.09. The Bertz CT molecular complexity index is 638. The molecule has 2 rings (SSSR count). The van der Waals surface area contributed by atoms with Gasteiger partial charge in [0.1, 0.15) is 0 Å². The summed E-state index contributed by atoms with van der Waals surface area (Å²) in [6.45, 7) is 3.97. The van der Waals surface area contributed by atoms with Gasteiger partial charge in [0.15, 0.2) is 0 Å². The van der Waals surface area contributed by atoms with Crippen LogP contribution >= 0.6 is 11.6 Å². The molecule has 0 aliphatic carbocycles. The van der Waals surface area contributed by atoms with Crippen LogP contribution in [0.3, 0.4) is 0 Å². The number of anilines is 2. The molecule has 2 aromatic rings. The maximum absolute atomic E-state index is 12.1. The van der Waals surface area contributed by atoms with E-state index in [0.717, 1.165) is 16.8 Å². The normalized spacial score (nSPS) is 10.3. The molecule has 3 nitrogen and oxygen atoms in total. The number of amides is 1. The molecule has 0 aliphatic rings. The smallest absolute Gasteiger partial charge is 0.255 e. The highest BCUT2D eigenvalue weighted by atomic mass is 35.5. The number of aryl methyl sites for hydroxylation is 2. The van der Waals surface area contributed by atoms with Crippen LogP contribution in [-0.2, 0) is 0 Å². The summed E-state index contributed by atoms with van der Waals surface area (Å²) in [5.41, 5.74) is 9.55. The van der Waals surface area contributed by atoms with Crippen LogP contribution in [0.2, 0.25) is 5.02 Å². The molecule has 0 saturated heterocycles. The molecule has 0 bridgehead atoms. The Morgan fingerprint density at radius 3 is 2.53 bits per heavy atom. The zero-order valence-corrected chi connectivity index (χ0v) is 11.6. The van der Waals surface area contributed by atoms with Crippen molar-refractivity contribution >= 4 is 28.9 Å². The Morgan fingerprint density at radius 1 is 1.16 bits per heavy atom. The van der Waals surface area contributed by atoms with Crippen LogP contribution in [0.25, 0.3) is 0 Å². The minimum absolute atomic E-state index is 0.199. The molecule has 0 atom stereocenters. The number of hydrogen-bond acceptors (Lipinski definition) is 2. The zero-order valence-electron chi connectivity index (χ0n) is 10.8. The molecule has 0 aromatic heterocycles. The first-order chi connectivity index (χ1) is 8.97. The lowest BCUT2D eigenvalue weighted by Gasteiger charge is -2.09. The number of halogens is 1. The molecule has 0 aliphatic heterocycles. The Morgan fingerprint density at radius 2 is 1.89 bits per heavy atom. The van der Waals surface area contributed by atoms with Gasteiger partial charge in [-0.05, 0) is 43.7 Å². The van der Waals surface area contributed by atoms with Gasteiger partial charge in [-0.3, -0.25) is 4.79 Å². The first-order valence-corrected chi connectivity index (χ1v) is 6.29. The fraction of sp³-hybridized carbons (Fsp3) is 0.133. The van der Waals surface area contributed by atoms with E-state index >= 15 is 0 Å². The third-order valence-electron chi connectivity index (χ3n) is 2.89. The number of benzene rings is 2. The number of nitrogens with two attached hydrogens (primary N) is 1. The Kier molecular flexibility index (Phi) is 3.76. The van der Waals surface area contributed by atoms with E-state index in [-0.39, 0.29) is 5.91 Å². The molecule has 0 unspecified atom stereocenters. The largest absolute Gasteiger partial charge is 0.398 e. The second-order valence-electron chi connectivity index (χ2n) is 4.51. The highest BCUT2D eigenvalue weighted by Crippen LogP contribution is 2.21. The molecule has 2 aromatic carbocycles. The average molecular weight is 275 g/mol. The molecule has 98 valence electrons. The van der Waals surface area contributed by atoms with Gasteiger partial charge in [0.2, 0.25) is 0 Å². The first-order valence-electron chi connectivity index (χ1n) is 5.91. The van der Waals surface area contributed by atoms with Gasteiger partial charge in [0, 0.05) is 11.3 Å². The predicted octanol–water partition coefficient (Wildman–Crippen LogP) is 3.79. The van der Waals surface area contributed by atoms with Crippen LogP contribution in [0, 0.1) is 13.8 Å². The predicted molar refractivity (Wildman–Crippen MR) is 79.7 cm³/mol. The van der Waals surface area contributed by atoms with Crippen LogP contribution in [0.15, 0.2) is 36.4 Å². The van der Waals surface area contributed by atoms with Gasteiger partial charge in [-0.2, -0.15) is 0 Å². The van der Waals surface area contributed by atoms with Crippen molar-refractivity contribution in [3.63, 3.8) is 0 Å². The maximum atomic E-state index is 12.1. The second-order valence-corrected chi connectivity index (χ2v) is 4.92. The van der Waals surface area contributed by atoms with Crippen LogP contribution < -0.4 is 11.1 Å². The van der Waals surface area contributed by atoms with Crippen molar-refractivity contribution in [3.8, 4) is 0 Å². The second kappa shape index (κ2) is 5.33. The Hall–Kier alpha value is -2.00. The van der Waals surface area contributed by atoms with Crippen LogP contribution in [0.5, 0.6) is 0 Å². The minimum atomic E-state index is -0.199. The summed E-state index contributed by atoms with van der Waals surface area (Å²) < 4.78 is 0. The number of nitrogen functional groups attached to an aromatic ring is 1. The minimum Gasteiger partial charge on any atom is -0.398 e. The quantitative estimate of drug-likeness (QED) is 0.819. The lowest BCUT2D eigenvalue weighted by atomic mass is 10.1. The molecule has 3 N–H and O–H groups in total. The van der Waals surface area contributed by atoms with Crippen molar-refractivity contribution in [1.82, 2.24) is 0 Å². The third-order valence-corrected chi connectivity index (χ3v) is 3.23. The molecule has 0 fully saturated rings. The molecule has 0 spiro atoms.